The van der Waals surface area contributed by atoms with Crippen LogP contribution in [-0.4, -0.2) is 17.4 Å². The first-order valence-electron chi connectivity index (χ1n) is 7.89. The maximum absolute atomic E-state index is 10.3. The molecule has 0 N–H and O–H groups in total. The van der Waals surface area contributed by atoms with Crippen molar-refractivity contribution in [3.8, 4) is 0 Å². The summed E-state index contributed by atoms with van der Waals surface area (Å²) in [4.78, 5) is 9.80. The van der Waals surface area contributed by atoms with Gasteiger partial charge in [-0.25, -0.2) is 0 Å². The van der Waals surface area contributed by atoms with Gasteiger partial charge in [-0.3, -0.25) is 10.1 Å². The second-order valence-corrected chi connectivity index (χ2v) is 12.4. The smallest absolute Gasteiger partial charge is 0.234 e. The molecule has 0 aliphatic rings. The molecule has 1 rings (SSSR count). The number of aromatic nitrogens is 1. The van der Waals surface area contributed by atoms with Crippen molar-refractivity contribution in [1.29, 1.82) is 0 Å². The van der Waals surface area contributed by atoms with Gasteiger partial charge in [-0.1, -0.05) is 53.7 Å². The summed E-state index contributed by atoms with van der Waals surface area (Å²) in [6, 6.07) is 2.09. The molecule has 0 saturated carbocycles. The van der Waals surface area contributed by atoms with E-state index in [0.29, 0.717) is 16.6 Å². The van der Waals surface area contributed by atoms with E-state index in [2.05, 4.69) is 64.2 Å². The van der Waals surface area contributed by atoms with Gasteiger partial charge in [-0.05, 0) is 34.5 Å². The standard InChI is InChI=1S/C17H28N2O2Si/c1-14(2)22(15(3)4,16(5)6)18-12-10-17(13-18)9-7-8-11-19(20)21/h7-16H,1-6H3/b9-7+,11-8+. The lowest BCUT2D eigenvalue weighted by atomic mass is 10.3. The Morgan fingerprint density at radius 1 is 1.09 bits per heavy atom. The lowest BCUT2D eigenvalue weighted by Crippen LogP contribution is -2.51. The van der Waals surface area contributed by atoms with Crippen LogP contribution in [0.4, 0.5) is 0 Å². The first-order valence-corrected chi connectivity index (χ1v) is 10.1. The summed E-state index contributed by atoms with van der Waals surface area (Å²) in [6.45, 7) is 14.0. The summed E-state index contributed by atoms with van der Waals surface area (Å²) in [6.07, 6.45) is 10.4. The van der Waals surface area contributed by atoms with Gasteiger partial charge in [0.05, 0.1) is 4.92 Å². The summed E-state index contributed by atoms with van der Waals surface area (Å²) < 4.78 is 2.46. The van der Waals surface area contributed by atoms with Crippen molar-refractivity contribution in [3.63, 3.8) is 0 Å². The largest absolute Gasteiger partial charge is 0.379 e. The Morgan fingerprint density at radius 2 is 1.64 bits per heavy atom. The van der Waals surface area contributed by atoms with Gasteiger partial charge in [0.25, 0.3) is 0 Å². The molecule has 0 spiro atoms. The van der Waals surface area contributed by atoms with E-state index in [4.69, 9.17) is 0 Å². The van der Waals surface area contributed by atoms with Crippen molar-refractivity contribution < 1.29 is 4.92 Å². The molecule has 0 aliphatic carbocycles. The molecule has 0 aromatic carbocycles. The number of nitrogens with zero attached hydrogens (tertiary/aromatic N) is 2. The maximum Gasteiger partial charge on any atom is 0.234 e. The molecular weight excluding hydrogens is 292 g/mol. The van der Waals surface area contributed by atoms with Gasteiger partial charge < -0.3 is 4.23 Å². The van der Waals surface area contributed by atoms with Crippen molar-refractivity contribution in [2.75, 3.05) is 0 Å². The van der Waals surface area contributed by atoms with Crippen LogP contribution in [0.1, 0.15) is 47.1 Å². The van der Waals surface area contributed by atoms with E-state index in [-0.39, 0.29) is 0 Å². The van der Waals surface area contributed by atoms with Crippen LogP contribution >= 0.6 is 0 Å². The predicted octanol–water partition coefficient (Wildman–Crippen LogP) is 5.32. The zero-order valence-electron chi connectivity index (χ0n) is 14.5. The average molecular weight is 321 g/mol. The van der Waals surface area contributed by atoms with Crippen LogP contribution in [0, 0.1) is 10.1 Å². The highest BCUT2D eigenvalue weighted by Crippen LogP contribution is 2.42. The van der Waals surface area contributed by atoms with E-state index >= 15 is 0 Å². The van der Waals surface area contributed by atoms with E-state index in [9.17, 15) is 10.1 Å². The van der Waals surface area contributed by atoms with Gasteiger partial charge in [-0.2, -0.15) is 0 Å². The Labute approximate surface area is 134 Å². The molecule has 0 aliphatic heterocycles. The molecule has 1 aromatic heterocycles. The molecule has 0 saturated heterocycles. The fourth-order valence-corrected chi connectivity index (χ4v) is 10.4. The van der Waals surface area contributed by atoms with Crippen LogP contribution in [0.15, 0.2) is 36.8 Å². The summed E-state index contributed by atoms with van der Waals surface area (Å²) >= 11 is 0. The van der Waals surface area contributed by atoms with Crippen LogP contribution in [0.5, 0.6) is 0 Å². The van der Waals surface area contributed by atoms with Crippen LogP contribution in [0.3, 0.4) is 0 Å². The third-order valence-electron chi connectivity index (χ3n) is 4.55. The number of allylic oxidation sites excluding steroid dienone is 2. The van der Waals surface area contributed by atoms with Gasteiger partial charge in [0.15, 0.2) is 8.24 Å². The molecule has 122 valence electrons. The number of nitro groups is 1. The fraction of sp³-hybridized carbons (Fsp3) is 0.529. The summed E-state index contributed by atoms with van der Waals surface area (Å²) in [5, 5.41) is 10.3. The fourth-order valence-electron chi connectivity index (χ4n) is 3.93. The molecule has 0 bridgehead atoms. The van der Waals surface area contributed by atoms with Crippen molar-refractivity contribution in [1.82, 2.24) is 4.23 Å². The highest BCUT2D eigenvalue weighted by molar-refractivity contribution is 6.82. The first-order chi connectivity index (χ1) is 10.2. The Kier molecular flexibility index (Phi) is 6.35. The summed E-state index contributed by atoms with van der Waals surface area (Å²) in [5.41, 5.74) is 3.02. The Morgan fingerprint density at radius 3 is 2.09 bits per heavy atom. The molecule has 1 heterocycles. The number of hydrogen-bond donors (Lipinski definition) is 0. The van der Waals surface area contributed by atoms with Gasteiger partial charge in [0, 0.05) is 12.3 Å². The van der Waals surface area contributed by atoms with E-state index < -0.39 is 13.2 Å². The van der Waals surface area contributed by atoms with Crippen molar-refractivity contribution in [2.45, 2.75) is 58.2 Å². The lowest BCUT2D eigenvalue weighted by Gasteiger charge is -2.44. The minimum atomic E-state index is -1.69. The molecule has 1 aromatic rings. The van der Waals surface area contributed by atoms with Gasteiger partial charge in [0.1, 0.15) is 0 Å². The van der Waals surface area contributed by atoms with E-state index in [1.54, 1.807) is 6.08 Å². The molecule has 0 amide bonds. The highest BCUT2D eigenvalue weighted by atomic mass is 28.3. The van der Waals surface area contributed by atoms with Crippen LogP contribution in [0.25, 0.3) is 6.08 Å². The number of rotatable bonds is 7. The quantitative estimate of drug-likeness (QED) is 0.295. The van der Waals surface area contributed by atoms with E-state index in [1.807, 2.05) is 6.08 Å². The number of hydrogen-bond acceptors (Lipinski definition) is 2. The first kappa shape index (κ1) is 18.4. The third-order valence-corrected chi connectivity index (χ3v) is 11.3. The zero-order valence-corrected chi connectivity index (χ0v) is 15.5. The molecule has 5 heteroatoms. The topological polar surface area (TPSA) is 48.1 Å². The SMILES string of the molecule is CC(C)[Si](C(C)C)(C(C)C)n1ccc(/C=C/C=C/[N+](=O)[O-])c1. The minimum absolute atomic E-state index is 0.455. The molecule has 4 nitrogen and oxygen atoms in total. The maximum atomic E-state index is 10.3. The molecule has 22 heavy (non-hydrogen) atoms. The normalized spacial score (nSPS) is 13.3. The second kappa shape index (κ2) is 7.58. The zero-order chi connectivity index (χ0) is 16.9. The minimum Gasteiger partial charge on any atom is -0.379 e. The Balaban J connectivity index is 3.13. The molecular formula is C17H28N2O2Si. The summed E-state index contributed by atoms with van der Waals surface area (Å²) in [5.74, 6) is 0. The Hall–Kier alpha value is -1.62. The predicted molar refractivity (Wildman–Crippen MR) is 96.0 cm³/mol. The highest BCUT2D eigenvalue weighted by Gasteiger charge is 2.44. The molecule has 0 fully saturated rings. The van der Waals surface area contributed by atoms with Gasteiger partial charge >= 0.3 is 0 Å². The lowest BCUT2D eigenvalue weighted by molar-refractivity contribution is -0.402. The van der Waals surface area contributed by atoms with Crippen molar-refractivity contribution >= 4 is 14.3 Å². The second-order valence-electron chi connectivity index (χ2n) is 6.69. The molecule has 0 atom stereocenters. The Bertz CT molecular complexity index is 535. The monoisotopic (exact) mass is 320 g/mol. The van der Waals surface area contributed by atoms with Gasteiger partial charge in [0.2, 0.25) is 6.20 Å². The van der Waals surface area contributed by atoms with Crippen molar-refractivity contribution in [2.24, 2.45) is 0 Å². The van der Waals surface area contributed by atoms with Crippen LogP contribution < -0.4 is 0 Å². The van der Waals surface area contributed by atoms with E-state index in [1.165, 1.54) is 6.08 Å². The third kappa shape index (κ3) is 3.77. The van der Waals surface area contributed by atoms with Crippen LogP contribution in [0.2, 0.25) is 16.6 Å². The molecule has 0 radical (unpaired) electrons. The van der Waals surface area contributed by atoms with Crippen LogP contribution in [-0.2, 0) is 0 Å². The molecule has 0 unspecified atom stereocenters. The van der Waals surface area contributed by atoms with Gasteiger partial charge in [-0.15, -0.1) is 0 Å². The van der Waals surface area contributed by atoms with E-state index in [0.717, 1.165) is 11.8 Å². The summed E-state index contributed by atoms with van der Waals surface area (Å²) in [7, 11) is -1.69. The average Bonchev–Trinajstić information content (AvgIpc) is 2.82. The van der Waals surface area contributed by atoms with Crippen molar-refractivity contribution in [3.05, 3.63) is 52.5 Å².